The van der Waals surface area contributed by atoms with Crippen LogP contribution >= 0.6 is 11.3 Å². The number of rotatable bonds is 5. The molecule has 1 aliphatic heterocycles. The highest BCUT2D eigenvalue weighted by Crippen LogP contribution is 2.35. The van der Waals surface area contributed by atoms with E-state index in [1.165, 1.54) is 7.11 Å². The zero-order valence-electron chi connectivity index (χ0n) is 15.4. The lowest BCUT2D eigenvalue weighted by molar-refractivity contribution is -0.123. The molecular formula is C22H15N3O3S. The molecule has 6 nitrogen and oxygen atoms in total. The second-order valence-electron chi connectivity index (χ2n) is 6.28. The number of nitrogens with one attached hydrogen (secondary N) is 2. The Morgan fingerprint density at radius 3 is 2.66 bits per heavy atom. The lowest BCUT2D eigenvalue weighted by atomic mass is 9.99. The molecule has 4 rings (SSSR count). The molecule has 0 atom stereocenters. The van der Waals surface area contributed by atoms with Crippen LogP contribution in [0.5, 0.6) is 5.75 Å². The number of imide groups is 1. The summed E-state index contributed by atoms with van der Waals surface area (Å²) in [6.07, 6.45) is 0. The number of amides is 2. The van der Waals surface area contributed by atoms with Gasteiger partial charge in [-0.3, -0.25) is 14.9 Å². The maximum Gasteiger partial charge on any atom is 0.275 e. The van der Waals surface area contributed by atoms with Gasteiger partial charge in [-0.15, -0.1) is 0 Å². The van der Waals surface area contributed by atoms with Crippen LogP contribution in [-0.4, -0.2) is 18.9 Å². The molecule has 0 saturated carbocycles. The van der Waals surface area contributed by atoms with Gasteiger partial charge in [-0.2, -0.15) is 16.6 Å². The Kier molecular flexibility index (Phi) is 4.85. The number of anilines is 1. The predicted molar refractivity (Wildman–Crippen MR) is 111 cm³/mol. The molecule has 0 saturated heterocycles. The van der Waals surface area contributed by atoms with Gasteiger partial charge in [0.25, 0.3) is 11.8 Å². The summed E-state index contributed by atoms with van der Waals surface area (Å²) in [5, 5.41) is 18.4. The average molecular weight is 401 g/mol. The second kappa shape index (κ2) is 7.62. The molecule has 142 valence electrons. The normalized spacial score (nSPS) is 13.2. The van der Waals surface area contributed by atoms with Crippen molar-refractivity contribution in [2.45, 2.75) is 0 Å². The topological polar surface area (TPSA) is 91.2 Å². The Morgan fingerprint density at radius 2 is 1.93 bits per heavy atom. The summed E-state index contributed by atoms with van der Waals surface area (Å²) >= 11 is 1.59. The monoisotopic (exact) mass is 401 g/mol. The van der Waals surface area contributed by atoms with Crippen LogP contribution in [-0.2, 0) is 9.59 Å². The number of ether oxygens (including phenoxy) is 1. The number of hydrogen-bond donors (Lipinski definition) is 2. The predicted octanol–water partition coefficient (Wildman–Crippen LogP) is 3.77. The number of hydrogen-bond acceptors (Lipinski definition) is 6. The Balaban J connectivity index is 1.80. The van der Waals surface area contributed by atoms with E-state index in [1.54, 1.807) is 41.7 Å². The van der Waals surface area contributed by atoms with Crippen molar-refractivity contribution < 1.29 is 14.3 Å². The smallest absolute Gasteiger partial charge is 0.275 e. The molecule has 2 aromatic carbocycles. The fourth-order valence-electron chi connectivity index (χ4n) is 3.15. The van der Waals surface area contributed by atoms with Crippen LogP contribution in [0.1, 0.15) is 11.1 Å². The van der Waals surface area contributed by atoms with Gasteiger partial charge in [-0.25, -0.2) is 0 Å². The molecular weight excluding hydrogens is 386 g/mol. The van der Waals surface area contributed by atoms with Crippen molar-refractivity contribution in [3.63, 3.8) is 0 Å². The third kappa shape index (κ3) is 3.49. The van der Waals surface area contributed by atoms with Crippen molar-refractivity contribution in [2.24, 2.45) is 0 Å². The largest absolute Gasteiger partial charge is 0.496 e. The molecule has 2 heterocycles. The molecule has 2 N–H and O–H groups in total. The van der Waals surface area contributed by atoms with Gasteiger partial charge in [0, 0.05) is 11.3 Å². The zero-order chi connectivity index (χ0) is 20.4. The standard InChI is InChI=1S/C22H15N3O3S/c1-28-18-10-14(15-7-8-29-12-15)5-6-17(18)19-20(22(27)25-21(19)26)24-16-4-2-3-13(9-16)11-23/h2-10,12H,1H3,(H2,24,25,26,27). The molecule has 0 radical (unpaired) electrons. The van der Waals surface area contributed by atoms with Gasteiger partial charge in [-0.05, 0) is 58.3 Å². The Bertz CT molecular complexity index is 1190. The summed E-state index contributed by atoms with van der Waals surface area (Å²) in [6, 6.07) is 16.2. The first kappa shape index (κ1) is 18.5. The molecule has 1 aromatic heterocycles. The maximum atomic E-state index is 12.6. The van der Waals surface area contributed by atoms with Crippen LogP contribution in [0.15, 0.2) is 65.0 Å². The van der Waals surface area contributed by atoms with E-state index in [4.69, 9.17) is 10.00 Å². The number of carbonyl (C=O) groups excluding carboxylic acids is 2. The molecule has 1 aliphatic rings. The summed E-state index contributed by atoms with van der Waals surface area (Å²) < 4.78 is 5.52. The summed E-state index contributed by atoms with van der Waals surface area (Å²) in [5.74, 6) is -0.550. The van der Waals surface area contributed by atoms with Crippen molar-refractivity contribution in [3.05, 3.63) is 76.1 Å². The highest BCUT2D eigenvalue weighted by molar-refractivity contribution is 7.08. The Hall–Kier alpha value is -3.89. The molecule has 2 amide bonds. The molecule has 29 heavy (non-hydrogen) atoms. The lowest BCUT2D eigenvalue weighted by Gasteiger charge is -2.12. The first-order chi connectivity index (χ1) is 14.1. The van der Waals surface area contributed by atoms with E-state index < -0.39 is 11.8 Å². The van der Waals surface area contributed by atoms with Gasteiger partial charge in [0.1, 0.15) is 11.4 Å². The number of carbonyl (C=O) groups is 2. The molecule has 3 aromatic rings. The lowest BCUT2D eigenvalue weighted by Crippen LogP contribution is -2.24. The van der Waals surface area contributed by atoms with E-state index in [2.05, 4.69) is 16.7 Å². The Morgan fingerprint density at radius 1 is 1.07 bits per heavy atom. The molecule has 0 fully saturated rings. The van der Waals surface area contributed by atoms with Gasteiger partial charge < -0.3 is 10.1 Å². The quantitative estimate of drug-likeness (QED) is 0.635. The first-order valence-electron chi connectivity index (χ1n) is 8.69. The van der Waals surface area contributed by atoms with Gasteiger partial charge in [0.15, 0.2) is 0 Å². The summed E-state index contributed by atoms with van der Waals surface area (Å²) in [6.45, 7) is 0. The van der Waals surface area contributed by atoms with Crippen molar-refractivity contribution in [3.8, 4) is 22.9 Å². The minimum absolute atomic E-state index is 0.117. The number of benzene rings is 2. The van der Waals surface area contributed by atoms with Gasteiger partial charge in [0.05, 0.1) is 24.3 Å². The van der Waals surface area contributed by atoms with Gasteiger partial charge in [-0.1, -0.05) is 12.1 Å². The van der Waals surface area contributed by atoms with E-state index in [-0.39, 0.29) is 11.3 Å². The zero-order valence-corrected chi connectivity index (χ0v) is 16.2. The SMILES string of the molecule is COc1cc(-c2ccsc2)ccc1C1=C(Nc2cccc(C#N)c2)C(=O)NC1=O. The third-order valence-corrected chi connectivity index (χ3v) is 5.20. The highest BCUT2D eigenvalue weighted by Gasteiger charge is 2.33. The van der Waals surface area contributed by atoms with Crippen molar-refractivity contribution in [1.29, 1.82) is 5.26 Å². The maximum absolute atomic E-state index is 12.6. The molecule has 0 aliphatic carbocycles. The van der Waals surface area contributed by atoms with Crippen molar-refractivity contribution >= 4 is 34.4 Å². The van der Waals surface area contributed by atoms with Crippen LogP contribution in [0.2, 0.25) is 0 Å². The van der Waals surface area contributed by atoms with E-state index in [0.29, 0.717) is 22.6 Å². The van der Waals surface area contributed by atoms with E-state index in [9.17, 15) is 9.59 Å². The van der Waals surface area contributed by atoms with E-state index >= 15 is 0 Å². The summed E-state index contributed by atoms with van der Waals surface area (Å²) in [7, 11) is 1.52. The van der Waals surface area contributed by atoms with Crippen LogP contribution < -0.4 is 15.4 Å². The van der Waals surface area contributed by atoms with Crippen molar-refractivity contribution in [2.75, 3.05) is 12.4 Å². The van der Waals surface area contributed by atoms with Crippen molar-refractivity contribution in [1.82, 2.24) is 5.32 Å². The fourth-order valence-corrected chi connectivity index (χ4v) is 3.81. The van der Waals surface area contributed by atoms with E-state index in [0.717, 1.165) is 11.1 Å². The third-order valence-electron chi connectivity index (χ3n) is 4.52. The minimum atomic E-state index is -0.531. The number of thiophene rings is 1. The summed E-state index contributed by atoms with van der Waals surface area (Å²) in [4.78, 5) is 25.0. The fraction of sp³-hybridized carbons (Fsp3) is 0.0455. The molecule has 0 bridgehead atoms. The second-order valence-corrected chi connectivity index (χ2v) is 7.06. The van der Waals surface area contributed by atoms with E-state index in [1.807, 2.05) is 29.0 Å². The average Bonchev–Trinajstić information content (AvgIpc) is 3.36. The van der Waals surface area contributed by atoms with Gasteiger partial charge >= 0.3 is 0 Å². The van der Waals surface area contributed by atoms with Crippen LogP contribution in [0.3, 0.4) is 0 Å². The number of nitrogens with zero attached hydrogens (tertiary/aromatic N) is 1. The van der Waals surface area contributed by atoms with Crippen LogP contribution in [0.4, 0.5) is 5.69 Å². The van der Waals surface area contributed by atoms with Crippen LogP contribution in [0.25, 0.3) is 16.7 Å². The molecule has 0 unspecified atom stereocenters. The van der Waals surface area contributed by atoms with Crippen LogP contribution in [0, 0.1) is 11.3 Å². The van der Waals surface area contributed by atoms with Gasteiger partial charge in [0.2, 0.25) is 0 Å². The molecule has 7 heteroatoms. The highest BCUT2D eigenvalue weighted by atomic mass is 32.1. The number of methoxy groups -OCH3 is 1. The minimum Gasteiger partial charge on any atom is -0.496 e. The Labute approximate surface area is 171 Å². The number of nitriles is 1. The summed E-state index contributed by atoms with van der Waals surface area (Å²) in [5.41, 5.74) is 3.81. The molecule has 0 spiro atoms. The first-order valence-corrected chi connectivity index (χ1v) is 9.63.